The van der Waals surface area contributed by atoms with E-state index in [1.807, 2.05) is 0 Å². The molecule has 2 aromatic rings. The van der Waals surface area contributed by atoms with Gasteiger partial charge >= 0.3 is 0 Å². The van der Waals surface area contributed by atoms with Crippen molar-refractivity contribution in [3.63, 3.8) is 0 Å². The number of amides is 1. The van der Waals surface area contributed by atoms with Crippen LogP contribution >= 0.6 is 0 Å². The van der Waals surface area contributed by atoms with Gasteiger partial charge in [0, 0.05) is 6.20 Å². The average Bonchev–Trinajstić information content (AvgIpc) is 2.99. The molecule has 0 aliphatic carbocycles. The highest BCUT2D eigenvalue weighted by Crippen LogP contribution is 2.40. The molecule has 3 heterocycles. The molecule has 130 valence electrons. The van der Waals surface area contributed by atoms with Crippen LogP contribution in [0.5, 0.6) is 11.5 Å². The third-order valence-corrected chi connectivity index (χ3v) is 4.39. The number of benzene rings is 1. The molecule has 0 radical (unpaired) electrons. The normalized spacial score (nSPS) is 21.2. The summed E-state index contributed by atoms with van der Waals surface area (Å²) in [6.45, 7) is 3.91. The van der Waals surface area contributed by atoms with Crippen LogP contribution in [0.4, 0.5) is 8.78 Å². The van der Waals surface area contributed by atoms with Crippen molar-refractivity contribution in [2.75, 3.05) is 13.1 Å². The van der Waals surface area contributed by atoms with E-state index in [1.54, 1.807) is 13.8 Å². The number of likely N-dealkylation sites (tertiary alicyclic amines) is 1. The third kappa shape index (κ3) is 2.57. The Bertz CT molecular complexity index is 835. The van der Waals surface area contributed by atoms with Gasteiger partial charge in [-0.2, -0.15) is 0 Å². The summed E-state index contributed by atoms with van der Waals surface area (Å²) < 4.78 is 38.8. The summed E-state index contributed by atoms with van der Waals surface area (Å²) in [5.74, 6) is -1.55. The van der Waals surface area contributed by atoms with E-state index in [9.17, 15) is 13.6 Å². The van der Waals surface area contributed by atoms with Gasteiger partial charge in [0.25, 0.3) is 5.91 Å². The Kier molecular flexibility index (Phi) is 3.55. The van der Waals surface area contributed by atoms with Gasteiger partial charge in [0.2, 0.25) is 11.5 Å². The molecule has 2 atom stereocenters. The van der Waals surface area contributed by atoms with Crippen molar-refractivity contribution in [2.45, 2.75) is 26.1 Å². The monoisotopic (exact) mass is 347 g/mol. The predicted molar refractivity (Wildman–Crippen MR) is 82.6 cm³/mol. The molecule has 2 aliphatic rings. The molecular weight excluding hydrogens is 332 g/mol. The molecular formula is C17H15F2N3O3. The molecule has 0 saturated carbocycles. The molecule has 1 aromatic carbocycles. The van der Waals surface area contributed by atoms with Gasteiger partial charge in [-0.15, -0.1) is 0 Å². The fourth-order valence-electron chi connectivity index (χ4n) is 3.14. The lowest BCUT2D eigenvalue weighted by Gasteiger charge is -2.28. The van der Waals surface area contributed by atoms with Crippen LogP contribution in [0.1, 0.15) is 21.9 Å². The first-order valence-corrected chi connectivity index (χ1v) is 7.85. The lowest BCUT2D eigenvalue weighted by Crippen LogP contribution is -2.39. The topological polar surface area (TPSA) is 64.6 Å². The zero-order chi connectivity index (χ0) is 17.7. The summed E-state index contributed by atoms with van der Waals surface area (Å²) in [6.07, 6.45) is 0.372. The van der Waals surface area contributed by atoms with Gasteiger partial charge in [0.15, 0.2) is 23.8 Å². The Morgan fingerprint density at radius 1 is 1.12 bits per heavy atom. The first-order chi connectivity index (χ1) is 11.9. The Balaban J connectivity index is 1.57. The van der Waals surface area contributed by atoms with E-state index in [0.717, 1.165) is 12.1 Å². The Morgan fingerprint density at radius 3 is 2.20 bits per heavy atom. The molecule has 0 bridgehead atoms. The van der Waals surface area contributed by atoms with Gasteiger partial charge in [0.05, 0.1) is 24.3 Å². The number of rotatable bonds is 1. The smallest absolute Gasteiger partial charge is 0.257 e. The minimum atomic E-state index is -0.692. The lowest BCUT2D eigenvalue weighted by atomic mass is 10.2. The number of hydrogen-bond acceptors (Lipinski definition) is 5. The SMILES string of the molecule is Cc1ncc(C(=O)N2C[C@@H]3Oc4c(F)ccc(F)c4O[C@@H]3C2)c(C)n1. The van der Waals surface area contributed by atoms with Crippen LogP contribution in [0, 0.1) is 25.5 Å². The van der Waals surface area contributed by atoms with Crippen molar-refractivity contribution >= 4 is 5.91 Å². The van der Waals surface area contributed by atoms with Crippen molar-refractivity contribution in [3.05, 3.63) is 47.0 Å². The molecule has 6 nitrogen and oxygen atoms in total. The number of aryl methyl sites for hydroxylation is 2. The second-order valence-corrected chi connectivity index (χ2v) is 6.13. The molecule has 1 saturated heterocycles. The van der Waals surface area contributed by atoms with E-state index in [-0.39, 0.29) is 30.5 Å². The summed E-state index contributed by atoms with van der Waals surface area (Å²) in [5.41, 5.74) is 0.966. The fraction of sp³-hybridized carbons (Fsp3) is 0.353. The maximum Gasteiger partial charge on any atom is 0.257 e. The molecule has 1 aromatic heterocycles. The second kappa shape index (κ2) is 5.65. The van der Waals surface area contributed by atoms with Crippen LogP contribution in [0.2, 0.25) is 0 Å². The molecule has 0 unspecified atom stereocenters. The van der Waals surface area contributed by atoms with Gasteiger partial charge in [0.1, 0.15) is 5.82 Å². The third-order valence-electron chi connectivity index (χ3n) is 4.39. The van der Waals surface area contributed by atoms with Gasteiger partial charge in [-0.05, 0) is 26.0 Å². The molecule has 1 fully saturated rings. The maximum atomic E-state index is 13.9. The quantitative estimate of drug-likeness (QED) is 0.790. The highest BCUT2D eigenvalue weighted by molar-refractivity contribution is 5.95. The van der Waals surface area contributed by atoms with Gasteiger partial charge in [-0.1, -0.05) is 0 Å². The molecule has 8 heteroatoms. The summed E-state index contributed by atoms with van der Waals surface area (Å²) >= 11 is 0. The Labute approximate surface area is 142 Å². The van der Waals surface area contributed by atoms with E-state index < -0.39 is 23.8 Å². The summed E-state index contributed by atoms with van der Waals surface area (Å²) in [6, 6.07) is 1.98. The zero-order valence-electron chi connectivity index (χ0n) is 13.6. The van der Waals surface area contributed by atoms with Gasteiger partial charge < -0.3 is 14.4 Å². The summed E-state index contributed by atoms with van der Waals surface area (Å²) in [4.78, 5) is 22.5. The Hall–Kier alpha value is -2.77. The molecule has 25 heavy (non-hydrogen) atoms. The number of nitrogens with zero attached hydrogens (tertiary/aromatic N) is 3. The predicted octanol–water partition coefficient (Wildman–Crippen LogP) is 2.04. The number of carbonyl (C=O) groups is 1. The average molecular weight is 347 g/mol. The van der Waals surface area contributed by atoms with E-state index in [0.29, 0.717) is 17.1 Å². The van der Waals surface area contributed by atoms with Crippen LogP contribution in [0.25, 0.3) is 0 Å². The van der Waals surface area contributed by atoms with Gasteiger partial charge in [-0.25, -0.2) is 18.7 Å². The van der Waals surface area contributed by atoms with Crippen LogP contribution in [0.15, 0.2) is 18.3 Å². The number of aromatic nitrogens is 2. The van der Waals surface area contributed by atoms with Crippen LogP contribution < -0.4 is 9.47 Å². The van der Waals surface area contributed by atoms with E-state index in [2.05, 4.69) is 9.97 Å². The number of fused-ring (bicyclic) bond motifs is 2. The van der Waals surface area contributed by atoms with Crippen molar-refractivity contribution in [1.29, 1.82) is 0 Å². The molecule has 4 rings (SSSR count). The summed E-state index contributed by atoms with van der Waals surface area (Å²) in [5, 5.41) is 0. The largest absolute Gasteiger partial charge is 0.478 e. The standard InChI is InChI=1S/C17H15F2N3O3/c1-8-10(5-20-9(2)21-8)17(23)22-6-13-14(7-22)25-16-12(19)4-3-11(18)15(16)24-13/h3-5,13-14H,6-7H2,1-2H3/t13-,14+. The molecule has 2 aliphatic heterocycles. The van der Waals surface area contributed by atoms with E-state index >= 15 is 0 Å². The van der Waals surface area contributed by atoms with Crippen LogP contribution in [0.3, 0.4) is 0 Å². The lowest BCUT2D eigenvalue weighted by molar-refractivity contribution is 0.0467. The number of ether oxygens (including phenoxy) is 2. The number of hydrogen-bond donors (Lipinski definition) is 0. The maximum absolute atomic E-state index is 13.9. The molecule has 0 N–H and O–H groups in total. The van der Waals surface area contributed by atoms with E-state index in [1.165, 1.54) is 11.1 Å². The second-order valence-electron chi connectivity index (χ2n) is 6.13. The molecule has 1 amide bonds. The minimum Gasteiger partial charge on any atom is -0.478 e. The first kappa shape index (κ1) is 15.7. The van der Waals surface area contributed by atoms with Gasteiger partial charge in [-0.3, -0.25) is 4.79 Å². The highest BCUT2D eigenvalue weighted by atomic mass is 19.1. The molecule has 0 spiro atoms. The first-order valence-electron chi connectivity index (χ1n) is 7.85. The van der Waals surface area contributed by atoms with Crippen molar-refractivity contribution in [2.24, 2.45) is 0 Å². The zero-order valence-corrected chi connectivity index (χ0v) is 13.6. The van der Waals surface area contributed by atoms with Crippen molar-refractivity contribution in [3.8, 4) is 11.5 Å². The van der Waals surface area contributed by atoms with Crippen molar-refractivity contribution < 1.29 is 23.0 Å². The van der Waals surface area contributed by atoms with E-state index in [4.69, 9.17) is 9.47 Å². The van der Waals surface area contributed by atoms with Crippen molar-refractivity contribution in [1.82, 2.24) is 14.9 Å². The minimum absolute atomic E-state index is 0.214. The fourth-order valence-corrected chi connectivity index (χ4v) is 3.14. The number of halogens is 2. The number of carbonyl (C=O) groups excluding carboxylic acids is 1. The van der Waals surface area contributed by atoms with Crippen LogP contribution in [-0.4, -0.2) is 46.1 Å². The highest BCUT2D eigenvalue weighted by Gasteiger charge is 2.44. The Morgan fingerprint density at radius 2 is 1.68 bits per heavy atom. The van der Waals surface area contributed by atoms with Crippen LogP contribution in [-0.2, 0) is 0 Å². The summed E-state index contributed by atoms with van der Waals surface area (Å²) in [7, 11) is 0.